The molecule has 2 aromatic carbocycles. The largest absolute Gasteiger partial charge is 0.493 e. The third-order valence-electron chi connectivity index (χ3n) is 6.40. The fourth-order valence-electron chi connectivity index (χ4n) is 4.74. The van der Waals surface area contributed by atoms with Crippen LogP contribution in [0.3, 0.4) is 0 Å². The Morgan fingerprint density at radius 2 is 1.93 bits per heavy atom. The molecule has 0 spiro atoms. The van der Waals surface area contributed by atoms with Crippen LogP contribution in [0.4, 0.5) is 20.2 Å². The third kappa shape index (κ3) is 3.90. The first-order valence-corrected chi connectivity index (χ1v) is 10.8. The van der Waals surface area contributed by atoms with Crippen LogP contribution in [0.2, 0.25) is 0 Å². The van der Waals surface area contributed by atoms with Crippen molar-refractivity contribution in [3.05, 3.63) is 48.0 Å². The average Bonchev–Trinajstić information content (AvgIpc) is 3.11. The third-order valence-corrected chi connectivity index (χ3v) is 6.40. The lowest BCUT2D eigenvalue weighted by Crippen LogP contribution is -2.49. The van der Waals surface area contributed by atoms with Gasteiger partial charge in [-0.15, -0.1) is 0 Å². The number of para-hydroxylation sites is 1. The lowest BCUT2D eigenvalue weighted by molar-refractivity contribution is 0.157. The van der Waals surface area contributed by atoms with Crippen molar-refractivity contribution in [2.75, 3.05) is 49.6 Å². The van der Waals surface area contributed by atoms with E-state index in [2.05, 4.69) is 21.2 Å². The molecule has 0 radical (unpaired) electrons. The Kier molecular flexibility index (Phi) is 5.37. The van der Waals surface area contributed by atoms with Crippen LogP contribution in [-0.2, 0) is 0 Å². The Morgan fingerprint density at radius 3 is 2.77 bits per heavy atom. The van der Waals surface area contributed by atoms with Crippen LogP contribution in [0.1, 0.15) is 19.3 Å². The summed E-state index contributed by atoms with van der Waals surface area (Å²) in [6.07, 6.45) is 3.50. The molecule has 0 saturated carbocycles. The molecule has 7 heteroatoms. The summed E-state index contributed by atoms with van der Waals surface area (Å²) in [7, 11) is 0. The SMILES string of the molecule is Fc1ccc(OCCC2CCN(CC3Nc4cccc5c4N3CCO5)CC2)cc1F. The molecule has 1 fully saturated rings. The standard InChI is InChI=1S/C23H27F2N3O2/c24-18-5-4-17(14-19(18)25)29-12-8-16-6-9-27(10-7-16)15-22-26-20-2-1-3-21-23(20)28(22)11-13-30-21/h1-5,14,16,22,26H,6-13,15H2. The minimum absolute atomic E-state index is 0.290. The van der Waals surface area contributed by atoms with Crippen LogP contribution in [0.25, 0.3) is 0 Å². The van der Waals surface area contributed by atoms with E-state index in [0.29, 0.717) is 24.4 Å². The molecule has 1 unspecified atom stereocenters. The number of ether oxygens (including phenoxy) is 2. The van der Waals surface area contributed by atoms with E-state index in [0.717, 1.165) is 69.9 Å². The zero-order valence-corrected chi connectivity index (χ0v) is 16.9. The van der Waals surface area contributed by atoms with Gasteiger partial charge in [0, 0.05) is 12.6 Å². The Balaban J connectivity index is 1.08. The zero-order chi connectivity index (χ0) is 20.5. The maximum Gasteiger partial charge on any atom is 0.162 e. The Hall–Kier alpha value is -2.54. The van der Waals surface area contributed by atoms with Crippen LogP contribution in [0.15, 0.2) is 36.4 Å². The molecule has 0 amide bonds. The molecule has 3 heterocycles. The number of hydrogen-bond acceptors (Lipinski definition) is 5. The summed E-state index contributed by atoms with van der Waals surface area (Å²) < 4.78 is 37.7. The van der Waals surface area contributed by atoms with Crippen LogP contribution in [0.5, 0.6) is 11.5 Å². The highest BCUT2D eigenvalue weighted by atomic mass is 19.2. The fourth-order valence-corrected chi connectivity index (χ4v) is 4.74. The number of hydrogen-bond donors (Lipinski definition) is 1. The molecule has 1 atom stereocenters. The van der Waals surface area contributed by atoms with Gasteiger partial charge >= 0.3 is 0 Å². The summed E-state index contributed by atoms with van der Waals surface area (Å²) >= 11 is 0. The molecule has 5 nitrogen and oxygen atoms in total. The summed E-state index contributed by atoms with van der Waals surface area (Å²) in [5.41, 5.74) is 2.37. The van der Waals surface area contributed by atoms with Crippen molar-refractivity contribution >= 4 is 11.4 Å². The van der Waals surface area contributed by atoms with Crippen LogP contribution < -0.4 is 19.7 Å². The Bertz CT molecular complexity index is 902. The Labute approximate surface area is 175 Å². The average molecular weight is 415 g/mol. The minimum Gasteiger partial charge on any atom is -0.493 e. The van der Waals surface area contributed by atoms with Crippen molar-refractivity contribution in [2.24, 2.45) is 5.92 Å². The molecule has 1 saturated heterocycles. The molecule has 160 valence electrons. The van der Waals surface area contributed by atoms with E-state index in [4.69, 9.17) is 9.47 Å². The number of rotatable bonds is 6. The van der Waals surface area contributed by atoms with Crippen LogP contribution in [-0.4, -0.2) is 50.5 Å². The molecule has 1 N–H and O–H groups in total. The van der Waals surface area contributed by atoms with E-state index in [-0.39, 0.29) is 0 Å². The topological polar surface area (TPSA) is 37.0 Å². The number of halogens is 2. The molecule has 0 aromatic heterocycles. The fraction of sp³-hybridized carbons (Fsp3) is 0.478. The van der Waals surface area contributed by atoms with Gasteiger partial charge < -0.3 is 19.7 Å². The quantitative estimate of drug-likeness (QED) is 0.769. The van der Waals surface area contributed by atoms with Gasteiger partial charge in [0.2, 0.25) is 0 Å². The Morgan fingerprint density at radius 1 is 1.07 bits per heavy atom. The molecule has 0 aliphatic carbocycles. The van der Waals surface area contributed by atoms with Crippen molar-refractivity contribution in [1.29, 1.82) is 0 Å². The molecule has 5 rings (SSSR count). The normalized spacial score (nSPS) is 21.1. The number of nitrogens with zero attached hydrogens (tertiary/aromatic N) is 2. The number of anilines is 2. The highest BCUT2D eigenvalue weighted by Gasteiger charge is 2.35. The number of nitrogens with one attached hydrogen (secondary N) is 1. The van der Waals surface area contributed by atoms with E-state index in [1.807, 2.05) is 12.1 Å². The van der Waals surface area contributed by atoms with Crippen molar-refractivity contribution < 1.29 is 18.3 Å². The maximum absolute atomic E-state index is 13.3. The maximum atomic E-state index is 13.3. The smallest absolute Gasteiger partial charge is 0.162 e. The van der Waals surface area contributed by atoms with Gasteiger partial charge in [0.15, 0.2) is 11.6 Å². The zero-order valence-electron chi connectivity index (χ0n) is 16.9. The van der Waals surface area contributed by atoms with E-state index >= 15 is 0 Å². The van der Waals surface area contributed by atoms with Gasteiger partial charge in [-0.05, 0) is 62.5 Å². The van der Waals surface area contributed by atoms with Gasteiger partial charge in [0.1, 0.15) is 30.0 Å². The van der Waals surface area contributed by atoms with Gasteiger partial charge in [-0.2, -0.15) is 0 Å². The van der Waals surface area contributed by atoms with Crippen LogP contribution in [0, 0.1) is 17.6 Å². The van der Waals surface area contributed by atoms with E-state index in [9.17, 15) is 8.78 Å². The van der Waals surface area contributed by atoms with Crippen molar-refractivity contribution in [3.63, 3.8) is 0 Å². The van der Waals surface area contributed by atoms with Gasteiger partial charge in [-0.1, -0.05) is 6.07 Å². The monoisotopic (exact) mass is 415 g/mol. The minimum atomic E-state index is -0.865. The van der Waals surface area contributed by atoms with E-state index in [1.165, 1.54) is 17.4 Å². The lowest BCUT2D eigenvalue weighted by atomic mass is 9.94. The highest BCUT2D eigenvalue weighted by Crippen LogP contribution is 2.44. The molecular formula is C23H27F2N3O2. The summed E-state index contributed by atoms with van der Waals surface area (Å²) in [5.74, 6) is 0.269. The summed E-state index contributed by atoms with van der Waals surface area (Å²) in [6.45, 7) is 5.31. The number of likely N-dealkylation sites (tertiary alicyclic amines) is 1. The second-order valence-electron chi connectivity index (χ2n) is 8.31. The first-order chi connectivity index (χ1) is 14.7. The highest BCUT2D eigenvalue weighted by molar-refractivity contribution is 5.82. The van der Waals surface area contributed by atoms with Crippen LogP contribution >= 0.6 is 0 Å². The molecular weight excluding hydrogens is 388 g/mol. The summed E-state index contributed by atoms with van der Waals surface area (Å²) in [4.78, 5) is 4.97. The lowest BCUT2D eigenvalue weighted by Gasteiger charge is -2.37. The predicted octanol–water partition coefficient (Wildman–Crippen LogP) is 4.10. The molecule has 3 aliphatic rings. The van der Waals surface area contributed by atoms with Crippen molar-refractivity contribution in [3.8, 4) is 11.5 Å². The second kappa shape index (κ2) is 8.30. The second-order valence-corrected chi connectivity index (χ2v) is 8.31. The number of benzene rings is 2. The van der Waals surface area contributed by atoms with E-state index < -0.39 is 11.6 Å². The molecule has 2 aromatic rings. The first kappa shape index (κ1) is 19.4. The molecule has 3 aliphatic heterocycles. The predicted molar refractivity (Wildman–Crippen MR) is 112 cm³/mol. The van der Waals surface area contributed by atoms with Crippen molar-refractivity contribution in [2.45, 2.75) is 25.4 Å². The van der Waals surface area contributed by atoms with Gasteiger partial charge in [-0.3, -0.25) is 4.90 Å². The molecule has 30 heavy (non-hydrogen) atoms. The molecule has 0 bridgehead atoms. The van der Waals surface area contributed by atoms with Gasteiger partial charge in [0.05, 0.1) is 18.8 Å². The summed E-state index contributed by atoms with van der Waals surface area (Å²) in [5, 5.41) is 3.66. The summed E-state index contributed by atoms with van der Waals surface area (Å²) in [6, 6.07) is 9.91. The van der Waals surface area contributed by atoms with Gasteiger partial charge in [-0.25, -0.2) is 8.78 Å². The van der Waals surface area contributed by atoms with E-state index in [1.54, 1.807) is 0 Å². The number of piperidine rings is 1. The van der Waals surface area contributed by atoms with Gasteiger partial charge in [0.25, 0.3) is 0 Å². The first-order valence-electron chi connectivity index (χ1n) is 10.8. The van der Waals surface area contributed by atoms with Crippen molar-refractivity contribution in [1.82, 2.24) is 4.90 Å².